The Balaban J connectivity index is 2.02. The molecule has 0 aliphatic heterocycles. The molecule has 0 fully saturated rings. The maximum atomic E-state index is 12.2. The lowest BCUT2D eigenvalue weighted by atomic mass is 10.1. The topological polar surface area (TPSA) is 75.3 Å². The van der Waals surface area contributed by atoms with E-state index in [2.05, 4.69) is 10.0 Å². The minimum absolute atomic E-state index is 0.131. The summed E-state index contributed by atoms with van der Waals surface area (Å²) in [5.74, 6) is -0.409. The van der Waals surface area contributed by atoms with Gasteiger partial charge >= 0.3 is 0 Å². The van der Waals surface area contributed by atoms with Crippen LogP contribution < -0.4 is 10.0 Å². The van der Waals surface area contributed by atoms with Gasteiger partial charge < -0.3 is 5.32 Å². The molecule has 23 heavy (non-hydrogen) atoms. The normalized spacial score (nSPS) is 12.6. The minimum atomic E-state index is -3.72. The SMILES string of the molecule is CCc1ccc(NC(=O)[C@H](C)NS(=O)(=O)c2ccccc2)cc1. The number of amides is 1. The number of carbonyl (C=O) groups is 1. The second-order valence-electron chi connectivity index (χ2n) is 5.20. The van der Waals surface area contributed by atoms with Gasteiger partial charge in [-0.2, -0.15) is 4.72 Å². The Morgan fingerprint density at radius 2 is 1.65 bits per heavy atom. The van der Waals surface area contributed by atoms with Crippen molar-refractivity contribution in [3.63, 3.8) is 0 Å². The van der Waals surface area contributed by atoms with Gasteiger partial charge in [-0.05, 0) is 43.2 Å². The number of hydrogen-bond acceptors (Lipinski definition) is 3. The van der Waals surface area contributed by atoms with Crippen LogP contribution in [0.3, 0.4) is 0 Å². The summed E-state index contributed by atoms with van der Waals surface area (Å²) >= 11 is 0. The zero-order chi connectivity index (χ0) is 16.9. The van der Waals surface area contributed by atoms with Crippen LogP contribution in [0, 0.1) is 0 Å². The molecule has 0 unspecified atom stereocenters. The summed E-state index contributed by atoms with van der Waals surface area (Å²) in [5.41, 5.74) is 1.80. The van der Waals surface area contributed by atoms with Gasteiger partial charge in [-0.15, -0.1) is 0 Å². The number of aryl methyl sites for hydroxylation is 1. The number of sulfonamides is 1. The summed E-state index contributed by atoms with van der Waals surface area (Å²) in [6.45, 7) is 3.56. The highest BCUT2D eigenvalue weighted by Crippen LogP contribution is 2.12. The molecule has 0 spiro atoms. The predicted octanol–water partition coefficient (Wildman–Crippen LogP) is 2.55. The van der Waals surface area contributed by atoms with E-state index in [-0.39, 0.29) is 4.90 Å². The molecule has 122 valence electrons. The van der Waals surface area contributed by atoms with Crippen molar-refractivity contribution >= 4 is 21.6 Å². The van der Waals surface area contributed by atoms with E-state index in [4.69, 9.17) is 0 Å². The van der Waals surface area contributed by atoms with E-state index < -0.39 is 22.0 Å². The van der Waals surface area contributed by atoms with Crippen LogP contribution in [-0.2, 0) is 21.2 Å². The van der Waals surface area contributed by atoms with Crippen LogP contribution in [0.1, 0.15) is 19.4 Å². The molecule has 2 N–H and O–H groups in total. The number of benzene rings is 2. The second-order valence-corrected chi connectivity index (χ2v) is 6.91. The number of anilines is 1. The Morgan fingerprint density at radius 3 is 2.22 bits per heavy atom. The first kappa shape index (κ1) is 17.2. The predicted molar refractivity (Wildman–Crippen MR) is 90.7 cm³/mol. The monoisotopic (exact) mass is 332 g/mol. The van der Waals surface area contributed by atoms with Crippen molar-refractivity contribution in [3.8, 4) is 0 Å². The van der Waals surface area contributed by atoms with Crippen LogP contribution in [0.5, 0.6) is 0 Å². The molecular formula is C17H20N2O3S. The lowest BCUT2D eigenvalue weighted by molar-refractivity contribution is -0.117. The van der Waals surface area contributed by atoms with E-state index in [1.54, 1.807) is 30.3 Å². The van der Waals surface area contributed by atoms with Crippen molar-refractivity contribution in [1.29, 1.82) is 0 Å². The molecule has 1 amide bonds. The van der Waals surface area contributed by atoms with E-state index >= 15 is 0 Å². The largest absolute Gasteiger partial charge is 0.325 e. The van der Waals surface area contributed by atoms with Gasteiger partial charge in [-0.3, -0.25) is 4.79 Å². The molecule has 0 aliphatic carbocycles. The minimum Gasteiger partial charge on any atom is -0.325 e. The molecule has 0 saturated heterocycles. The van der Waals surface area contributed by atoms with Gasteiger partial charge in [0.1, 0.15) is 0 Å². The van der Waals surface area contributed by atoms with Crippen LogP contribution in [0.4, 0.5) is 5.69 Å². The summed E-state index contributed by atoms with van der Waals surface area (Å²) in [6.07, 6.45) is 0.918. The average Bonchev–Trinajstić information content (AvgIpc) is 2.56. The molecule has 6 heteroatoms. The molecule has 2 aromatic rings. The van der Waals surface area contributed by atoms with Gasteiger partial charge in [0, 0.05) is 5.69 Å². The first-order valence-electron chi connectivity index (χ1n) is 7.39. The Bertz CT molecular complexity index is 756. The van der Waals surface area contributed by atoms with Crippen LogP contribution >= 0.6 is 0 Å². The van der Waals surface area contributed by atoms with Crippen LogP contribution in [0.2, 0.25) is 0 Å². The fraction of sp³-hybridized carbons (Fsp3) is 0.235. The molecule has 0 saturated carbocycles. The molecule has 0 aromatic heterocycles. The third-order valence-corrected chi connectivity index (χ3v) is 4.97. The third kappa shape index (κ3) is 4.64. The Kier molecular flexibility index (Phi) is 5.52. The summed E-state index contributed by atoms with van der Waals surface area (Å²) in [7, 11) is -3.72. The van der Waals surface area contributed by atoms with E-state index in [0.29, 0.717) is 5.69 Å². The van der Waals surface area contributed by atoms with E-state index in [9.17, 15) is 13.2 Å². The Hall–Kier alpha value is -2.18. The standard InChI is InChI=1S/C17H20N2O3S/c1-3-14-9-11-15(12-10-14)18-17(20)13(2)19-23(21,22)16-7-5-4-6-8-16/h4-13,19H,3H2,1-2H3,(H,18,20)/t13-/m0/s1. The van der Waals surface area contributed by atoms with Crippen molar-refractivity contribution in [2.75, 3.05) is 5.32 Å². The maximum Gasteiger partial charge on any atom is 0.242 e. The smallest absolute Gasteiger partial charge is 0.242 e. The van der Waals surface area contributed by atoms with E-state index in [1.807, 2.05) is 19.1 Å². The first-order chi connectivity index (χ1) is 10.9. The van der Waals surface area contributed by atoms with Crippen molar-refractivity contribution in [3.05, 3.63) is 60.2 Å². The number of nitrogens with one attached hydrogen (secondary N) is 2. The fourth-order valence-electron chi connectivity index (χ4n) is 2.03. The van der Waals surface area contributed by atoms with Crippen LogP contribution in [0.25, 0.3) is 0 Å². The van der Waals surface area contributed by atoms with Gasteiger partial charge in [-0.25, -0.2) is 8.42 Å². The van der Waals surface area contributed by atoms with Crippen molar-refractivity contribution in [1.82, 2.24) is 4.72 Å². The van der Waals surface area contributed by atoms with Crippen molar-refractivity contribution in [2.45, 2.75) is 31.2 Å². The summed E-state index contributed by atoms with van der Waals surface area (Å²) in [5, 5.41) is 2.70. The van der Waals surface area contributed by atoms with Gasteiger partial charge in [-0.1, -0.05) is 37.3 Å². The zero-order valence-electron chi connectivity index (χ0n) is 13.1. The lowest BCUT2D eigenvalue weighted by Crippen LogP contribution is -2.41. The number of hydrogen-bond donors (Lipinski definition) is 2. The molecule has 0 bridgehead atoms. The molecule has 2 rings (SSSR count). The van der Waals surface area contributed by atoms with Gasteiger partial charge in [0.05, 0.1) is 10.9 Å². The highest BCUT2D eigenvalue weighted by Gasteiger charge is 2.21. The average molecular weight is 332 g/mol. The zero-order valence-corrected chi connectivity index (χ0v) is 13.9. The van der Waals surface area contributed by atoms with Crippen LogP contribution in [-0.4, -0.2) is 20.4 Å². The Labute approximate surface area is 136 Å². The summed E-state index contributed by atoms with van der Waals surface area (Å²) < 4.78 is 26.8. The molecule has 0 radical (unpaired) electrons. The maximum absolute atomic E-state index is 12.2. The number of rotatable bonds is 6. The molecular weight excluding hydrogens is 312 g/mol. The van der Waals surface area contributed by atoms with Crippen LogP contribution in [0.15, 0.2) is 59.5 Å². The summed E-state index contributed by atoms with van der Waals surface area (Å²) in [4.78, 5) is 12.3. The molecule has 1 atom stereocenters. The Morgan fingerprint density at radius 1 is 1.04 bits per heavy atom. The third-order valence-electron chi connectivity index (χ3n) is 3.41. The molecule has 0 aliphatic rings. The van der Waals surface area contributed by atoms with E-state index in [0.717, 1.165) is 6.42 Å². The quantitative estimate of drug-likeness (QED) is 0.853. The highest BCUT2D eigenvalue weighted by atomic mass is 32.2. The first-order valence-corrected chi connectivity index (χ1v) is 8.88. The second kappa shape index (κ2) is 7.39. The van der Waals surface area contributed by atoms with Gasteiger partial charge in [0.25, 0.3) is 0 Å². The van der Waals surface area contributed by atoms with Gasteiger partial charge in [0.2, 0.25) is 15.9 Å². The van der Waals surface area contributed by atoms with Gasteiger partial charge in [0.15, 0.2) is 0 Å². The van der Waals surface area contributed by atoms with Crippen molar-refractivity contribution in [2.24, 2.45) is 0 Å². The molecule has 2 aromatic carbocycles. The van der Waals surface area contributed by atoms with Crippen molar-refractivity contribution < 1.29 is 13.2 Å². The lowest BCUT2D eigenvalue weighted by Gasteiger charge is -2.14. The molecule has 0 heterocycles. The number of carbonyl (C=O) groups excluding carboxylic acids is 1. The highest BCUT2D eigenvalue weighted by molar-refractivity contribution is 7.89. The summed E-state index contributed by atoms with van der Waals surface area (Å²) in [6, 6.07) is 14.5. The molecule has 5 nitrogen and oxygen atoms in total. The fourth-order valence-corrected chi connectivity index (χ4v) is 3.25. The van der Waals surface area contributed by atoms with E-state index in [1.165, 1.54) is 24.6 Å².